The highest BCUT2D eigenvalue weighted by Gasteiger charge is 2.34. The number of aryl methyl sites for hydroxylation is 1. The molecule has 1 aliphatic rings. The number of hydrogen-bond donors (Lipinski definition) is 2. The summed E-state index contributed by atoms with van der Waals surface area (Å²) in [7, 11) is 0. The molecule has 2 heterocycles. The number of benzene rings is 2. The lowest BCUT2D eigenvalue weighted by atomic mass is 9.94. The number of hydrogen-bond acceptors (Lipinski definition) is 5. The summed E-state index contributed by atoms with van der Waals surface area (Å²) in [6, 6.07) is 11.3. The van der Waals surface area contributed by atoms with Gasteiger partial charge in [0.15, 0.2) is 17.3 Å². The summed E-state index contributed by atoms with van der Waals surface area (Å²) in [6.07, 6.45) is 0.474. The standard InChI is InChI=1S/C23H23ClFN5O/c1-15-3-4-16(11-20(15)24)13-27-21-19-12-17(26-2)5-6-18(19)22(29-28-21)30-9-7-23(25,14-31)8-10-30/h3-6,11-12,31H,7-10,13-14H2,1H3,(H,27,28). The van der Waals surface area contributed by atoms with Gasteiger partial charge in [0, 0.05) is 48.3 Å². The Morgan fingerprint density at radius 3 is 2.65 bits per heavy atom. The number of rotatable bonds is 5. The van der Waals surface area contributed by atoms with E-state index in [0.29, 0.717) is 42.0 Å². The first kappa shape index (κ1) is 21.3. The van der Waals surface area contributed by atoms with Gasteiger partial charge in [-0.15, -0.1) is 10.2 Å². The number of halogens is 2. The van der Waals surface area contributed by atoms with Gasteiger partial charge in [-0.25, -0.2) is 9.24 Å². The fourth-order valence-corrected chi connectivity index (χ4v) is 3.97. The number of aliphatic hydroxyl groups is 1. The van der Waals surface area contributed by atoms with Gasteiger partial charge < -0.3 is 15.3 Å². The van der Waals surface area contributed by atoms with Crippen molar-refractivity contribution < 1.29 is 9.50 Å². The van der Waals surface area contributed by atoms with Gasteiger partial charge in [0.1, 0.15) is 5.67 Å². The molecule has 0 spiro atoms. The number of anilines is 2. The van der Waals surface area contributed by atoms with Crippen molar-refractivity contribution in [3.05, 3.63) is 64.0 Å². The third-order valence-electron chi connectivity index (χ3n) is 5.81. The van der Waals surface area contributed by atoms with E-state index in [-0.39, 0.29) is 12.8 Å². The van der Waals surface area contributed by atoms with E-state index in [2.05, 4.69) is 20.4 Å². The molecule has 0 radical (unpaired) electrons. The second kappa shape index (κ2) is 8.66. The van der Waals surface area contributed by atoms with Crippen LogP contribution in [0, 0.1) is 13.5 Å². The van der Waals surface area contributed by atoms with Crippen LogP contribution in [-0.4, -0.2) is 40.7 Å². The zero-order chi connectivity index (χ0) is 22.0. The summed E-state index contributed by atoms with van der Waals surface area (Å²) < 4.78 is 14.4. The smallest absolute Gasteiger partial charge is 0.188 e. The third-order valence-corrected chi connectivity index (χ3v) is 6.22. The van der Waals surface area contributed by atoms with Crippen molar-refractivity contribution in [2.45, 2.75) is 32.0 Å². The van der Waals surface area contributed by atoms with Crippen molar-refractivity contribution in [1.29, 1.82) is 0 Å². The molecular weight excluding hydrogens is 417 g/mol. The molecule has 0 saturated carbocycles. The molecule has 0 bridgehead atoms. The average Bonchev–Trinajstić information content (AvgIpc) is 2.80. The molecule has 4 rings (SSSR count). The maximum Gasteiger partial charge on any atom is 0.188 e. The third kappa shape index (κ3) is 4.41. The van der Waals surface area contributed by atoms with Crippen LogP contribution in [0.1, 0.15) is 24.0 Å². The minimum absolute atomic E-state index is 0.237. The van der Waals surface area contributed by atoms with Gasteiger partial charge in [0.05, 0.1) is 13.2 Å². The van der Waals surface area contributed by atoms with Crippen LogP contribution >= 0.6 is 11.6 Å². The lowest BCUT2D eigenvalue weighted by Gasteiger charge is -2.36. The molecule has 0 aliphatic carbocycles. The molecule has 1 saturated heterocycles. The Balaban J connectivity index is 1.65. The molecule has 31 heavy (non-hydrogen) atoms. The van der Waals surface area contributed by atoms with Gasteiger partial charge in [0.2, 0.25) is 0 Å². The molecule has 0 amide bonds. The van der Waals surface area contributed by atoms with Crippen LogP contribution in [0.15, 0.2) is 36.4 Å². The highest BCUT2D eigenvalue weighted by Crippen LogP contribution is 2.35. The second-order valence-corrected chi connectivity index (χ2v) is 8.35. The van der Waals surface area contributed by atoms with E-state index >= 15 is 0 Å². The van der Waals surface area contributed by atoms with Crippen molar-refractivity contribution in [3.63, 3.8) is 0 Å². The number of nitrogens with zero attached hydrogens (tertiary/aromatic N) is 4. The highest BCUT2D eigenvalue weighted by molar-refractivity contribution is 6.31. The van der Waals surface area contributed by atoms with Gasteiger partial charge >= 0.3 is 0 Å². The molecule has 1 aromatic heterocycles. The molecule has 3 aromatic rings. The van der Waals surface area contributed by atoms with Crippen molar-refractivity contribution in [2.75, 3.05) is 29.9 Å². The lowest BCUT2D eigenvalue weighted by molar-refractivity contribution is 0.0480. The normalized spacial score (nSPS) is 15.6. The van der Waals surface area contributed by atoms with E-state index in [9.17, 15) is 9.50 Å². The van der Waals surface area contributed by atoms with E-state index < -0.39 is 12.3 Å². The minimum Gasteiger partial charge on any atom is -0.393 e. The highest BCUT2D eigenvalue weighted by atomic mass is 35.5. The van der Waals surface area contributed by atoms with Crippen LogP contribution in [0.25, 0.3) is 15.6 Å². The summed E-state index contributed by atoms with van der Waals surface area (Å²) in [5, 5.41) is 23.8. The molecular formula is C23H23ClFN5O. The molecule has 1 fully saturated rings. The predicted octanol–water partition coefficient (Wildman–Crippen LogP) is 5.06. The fraction of sp³-hybridized carbons (Fsp3) is 0.348. The Morgan fingerprint density at radius 1 is 1.19 bits per heavy atom. The maximum absolute atomic E-state index is 14.4. The first-order valence-corrected chi connectivity index (χ1v) is 10.5. The second-order valence-electron chi connectivity index (χ2n) is 7.95. The van der Waals surface area contributed by atoms with Crippen LogP contribution in [-0.2, 0) is 6.54 Å². The number of aliphatic hydroxyl groups excluding tert-OH is 1. The Hall–Kier alpha value is -2.95. The van der Waals surface area contributed by atoms with Crippen molar-refractivity contribution in [1.82, 2.24) is 10.2 Å². The Morgan fingerprint density at radius 2 is 1.97 bits per heavy atom. The zero-order valence-electron chi connectivity index (χ0n) is 17.2. The van der Waals surface area contributed by atoms with Crippen molar-refractivity contribution in [2.24, 2.45) is 0 Å². The molecule has 0 unspecified atom stereocenters. The van der Waals surface area contributed by atoms with Crippen molar-refractivity contribution >= 4 is 39.7 Å². The fourth-order valence-electron chi connectivity index (χ4n) is 3.77. The maximum atomic E-state index is 14.4. The van der Waals surface area contributed by atoms with E-state index in [4.69, 9.17) is 18.2 Å². The molecule has 8 heteroatoms. The molecule has 160 valence electrons. The molecule has 6 nitrogen and oxygen atoms in total. The Labute approximate surface area is 185 Å². The molecule has 2 N–H and O–H groups in total. The van der Waals surface area contributed by atoms with E-state index in [1.54, 1.807) is 12.1 Å². The van der Waals surface area contributed by atoms with Crippen LogP contribution in [0.4, 0.5) is 21.7 Å². The van der Waals surface area contributed by atoms with Crippen molar-refractivity contribution in [3.8, 4) is 0 Å². The quantitative estimate of drug-likeness (QED) is 0.544. The number of fused-ring (bicyclic) bond motifs is 1. The predicted molar refractivity (Wildman–Crippen MR) is 122 cm³/mol. The first-order valence-electron chi connectivity index (χ1n) is 10.1. The van der Waals surface area contributed by atoms with Gasteiger partial charge in [-0.2, -0.15) is 0 Å². The van der Waals surface area contributed by atoms with E-state index in [0.717, 1.165) is 21.9 Å². The van der Waals surface area contributed by atoms with Crippen LogP contribution in [0.2, 0.25) is 5.02 Å². The minimum atomic E-state index is -1.53. The summed E-state index contributed by atoms with van der Waals surface area (Å²) in [5.41, 5.74) is 1.000. The lowest BCUT2D eigenvalue weighted by Crippen LogP contribution is -2.44. The van der Waals surface area contributed by atoms with Gasteiger partial charge in [-0.1, -0.05) is 35.9 Å². The van der Waals surface area contributed by atoms with Gasteiger partial charge in [-0.05, 0) is 30.2 Å². The number of piperidine rings is 1. The SMILES string of the molecule is [C-]#[N+]c1ccc2c(N3CCC(F)(CO)CC3)nnc(NCc3ccc(C)c(Cl)c3)c2c1. The summed E-state index contributed by atoms with van der Waals surface area (Å²) >= 11 is 6.23. The molecule has 0 atom stereocenters. The summed E-state index contributed by atoms with van der Waals surface area (Å²) in [4.78, 5) is 5.53. The topological polar surface area (TPSA) is 65.6 Å². The number of alkyl halides is 1. The Bertz CT molecular complexity index is 1150. The van der Waals surface area contributed by atoms with Crippen LogP contribution < -0.4 is 10.2 Å². The average molecular weight is 440 g/mol. The van der Waals surface area contributed by atoms with E-state index in [1.165, 1.54) is 0 Å². The zero-order valence-corrected chi connectivity index (χ0v) is 18.0. The van der Waals surface area contributed by atoms with Crippen LogP contribution in [0.5, 0.6) is 0 Å². The molecule has 1 aliphatic heterocycles. The first-order chi connectivity index (χ1) is 14.9. The molecule has 2 aromatic carbocycles. The van der Waals surface area contributed by atoms with E-state index in [1.807, 2.05) is 36.1 Å². The largest absolute Gasteiger partial charge is 0.393 e. The summed E-state index contributed by atoms with van der Waals surface area (Å²) in [5.74, 6) is 1.24. The van der Waals surface area contributed by atoms with Gasteiger partial charge in [-0.3, -0.25) is 0 Å². The Kier molecular flexibility index (Phi) is 5.94. The number of aromatic nitrogens is 2. The monoisotopic (exact) mass is 439 g/mol. The van der Waals surface area contributed by atoms with Gasteiger partial charge in [0.25, 0.3) is 0 Å². The summed E-state index contributed by atoms with van der Waals surface area (Å²) in [6.45, 7) is 10.3. The number of nitrogens with one attached hydrogen (secondary N) is 1. The van der Waals surface area contributed by atoms with Crippen LogP contribution in [0.3, 0.4) is 0 Å².